The zero-order chi connectivity index (χ0) is 12.9. The number of carbonyl (C=O) groups excluding carboxylic acids is 1. The largest absolute Gasteiger partial charge is 0.468 e. The van der Waals surface area contributed by atoms with Crippen molar-refractivity contribution in [3.8, 4) is 0 Å². The molecule has 0 aromatic heterocycles. The Morgan fingerprint density at radius 3 is 2.35 bits per heavy atom. The van der Waals surface area contributed by atoms with Crippen molar-refractivity contribution in [2.45, 2.75) is 0 Å². The first-order valence-electron chi connectivity index (χ1n) is 5.37. The van der Waals surface area contributed by atoms with Crippen molar-refractivity contribution in [3.63, 3.8) is 0 Å². The van der Waals surface area contributed by atoms with E-state index in [0.717, 1.165) is 7.11 Å². The Bertz CT molecular complexity index is 348. The van der Waals surface area contributed by atoms with Gasteiger partial charge in [-0.1, -0.05) is 0 Å². The summed E-state index contributed by atoms with van der Waals surface area (Å²) in [6.45, 7) is 2.44. The van der Waals surface area contributed by atoms with Gasteiger partial charge in [-0.3, -0.25) is 9.69 Å². The van der Waals surface area contributed by atoms with Gasteiger partial charge in [0.15, 0.2) is 5.75 Å². The van der Waals surface area contributed by atoms with Gasteiger partial charge in [0.1, 0.15) is 0 Å². The van der Waals surface area contributed by atoms with Gasteiger partial charge in [0.05, 0.1) is 13.7 Å². The summed E-state index contributed by atoms with van der Waals surface area (Å²) in [5.74, 6) is -1.36. The predicted octanol–water partition coefficient (Wildman–Crippen LogP) is -1.90. The second kappa shape index (κ2) is 6.29. The number of aliphatic hydroxyl groups excluding tert-OH is 1. The average Bonchev–Trinajstić information content (AvgIpc) is 2.29. The van der Waals surface area contributed by atoms with Gasteiger partial charge < -0.3 is 9.84 Å². The van der Waals surface area contributed by atoms with Crippen molar-refractivity contribution in [2.24, 2.45) is 0 Å². The first-order chi connectivity index (χ1) is 7.99. The summed E-state index contributed by atoms with van der Waals surface area (Å²) in [4.78, 5) is 12.9. The molecular weight excluding hydrogens is 248 g/mol. The Balaban J connectivity index is 2.50. The monoisotopic (exact) mass is 266 g/mol. The summed E-state index contributed by atoms with van der Waals surface area (Å²) in [6.07, 6.45) is 0. The second-order valence-corrected chi connectivity index (χ2v) is 5.77. The average molecular weight is 266 g/mol. The standard InChI is InChI=1S/C9H18N2O5S/c1-16-9(13)8-17(14,15)11-4-2-10(3-5-11)6-7-12/h12H,2-8H2,1H3. The molecule has 0 unspecified atom stereocenters. The van der Waals surface area contributed by atoms with Gasteiger partial charge in [0, 0.05) is 32.7 Å². The first-order valence-corrected chi connectivity index (χ1v) is 6.98. The van der Waals surface area contributed by atoms with Crippen LogP contribution in [0.2, 0.25) is 0 Å². The SMILES string of the molecule is COC(=O)CS(=O)(=O)N1CCN(CCO)CC1. The smallest absolute Gasteiger partial charge is 0.322 e. The number of methoxy groups -OCH3 is 1. The van der Waals surface area contributed by atoms with Crippen molar-refractivity contribution >= 4 is 16.0 Å². The molecule has 0 amide bonds. The van der Waals surface area contributed by atoms with Gasteiger partial charge in [0.25, 0.3) is 0 Å². The minimum atomic E-state index is -3.56. The number of β-amino-alcohol motifs (C(OH)–C–C–N with tert-alkyl or cyclic N) is 1. The van der Waals surface area contributed by atoms with Crippen LogP contribution in [0.3, 0.4) is 0 Å². The zero-order valence-electron chi connectivity index (χ0n) is 9.83. The molecule has 0 radical (unpaired) electrons. The summed E-state index contributed by atoms with van der Waals surface area (Å²) >= 11 is 0. The molecule has 0 atom stereocenters. The maximum absolute atomic E-state index is 11.8. The van der Waals surface area contributed by atoms with Gasteiger partial charge in [-0.2, -0.15) is 4.31 Å². The molecule has 1 aliphatic heterocycles. The van der Waals surface area contributed by atoms with Crippen molar-refractivity contribution in [1.82, 2.24) is 9.21 Å². The highest BCUT2D eigenvalue weighted by Gasteiger charge is 2.28. The Morgan fingerprint density at radius 1 is 1.29 bits per heavy atom. The molecule has 0 aliphatic carbocycles. The molecule has 0 saturated carbocycles. The van der Waals surface area contributed by atoms with E-state index in [0.29, 0.717) is 32.7 Å². The van der Waals surface area contributed by atoms with Crippen LogP contribution in [0.15, 0.2) is 0 Å². The summed E-state index contributed by atoms with van der Waals surface area (Å²) in [5.41, 5.74) is 0. The number of sulfonamides is 1. The molecule has 0 aromatic carbocycles. The summed E-state index contributed by atoms with van der Waals surface area (Å²) in [6, 6.07) is 0. The second-order valence-electron chi connectivity index (χ2n) is 3.80. The van der Waals surface area contributed by atoms with Crippen LogP contribution in [-0.4, -0.2) is 80.9 Å². The van der Waals surface area contributed by atoms with Crippen molar-refractivity contribution in [2.75, 3.05) is 52.2 Å². The maximum Gasteiger partial charge on any atom is 0.322 e. The highest BCUT2D eigenvalue weighted by atomic mass is 32.2. The van der Waals surface area contributed by atoms with E-state index >= 15 is 0 Å². The molecule has 7 nitrogen and oxygen atoms in total. The van der Waals surface area contributed by atoms with Gasteiger partial charge in [-0.05, 0) is 0 Å². The van der Waals surface area contributed by atoms with E-state index in [-0.39, 0.29) is 6.61 Å². The molecule has 1 N–H and O–H groups in total. The van der Waals surface area contributed by atoms with Crippen LogP contribution in [0.4, 0.5) is 0 Å². The number of carbonyl (C=O) groups is 1. The molecular formula is C9H18N2O5S. The lowest BCUT2D eigenvalue weighted by atomic mass is 10.4. The fourth-order valence-electron chi connectivity index (χ4n) is 1.67. The summed E-state index contributed by atoms with van der Waals surface area (Å²) in [5, 5.41) is 8.76. The van der Waals surface area contributed by atoms with Gasteiger partial charge in [0.2, 0.25) is 10.0 Å². The molecule has 1 saturated heterocycles. The Labute approximate surface area is 101 Å². The number of piperazine rings is 1. The lowest BCUT2D eigenvalue weighted by Crippen LogP contribution is -2.50. The quantitative estimate of drug-likeness (QED) is 0.585. The zero-order valence-corrected chi connectivity index (χ0v) is 10.6. The molecule has 0 bridgehead atoms. The third-order valence-electron chi connectivity index (χ3n) is 2.67. The number of hydrogen-bond acceptors (Lipinski definition) is 6. The Kier molecular flexibility index (Phi) is 5.31. The highest BCUT2D eigenvalue weighted by molar-refractivity contribution is 7.89. The number of esters is 1. The van der Waals surface area contributed by atoms with Crippen LogP contribution in [0.1, 0.15) is 0 Å². The molecule has 0 aromatic rings. The molecule has 1 heterocycles. The van der Waals surface area contributed by atoms with Crippen LogP contribution in [0, 0.1) is 0 Å². The minimum absolute atomic E-state index is 0.0644. The number of ether oxygens (including phenoxy) is 1. The van der Waals surface area contributed by atoms with Crippen LogP contribution in [0.25, 0.3) is 0 Å². The van der Waals surface area contributed by atoms with E-state index in [2.05, 4.69) is 4.74 Å². The van der Waals surface area contributed by atoms with Crippen LogP contribution >= 0.6 is 0 Å². The van der Waals surface area contributed by atoms with Crippen LogP contribution in [-0.2, 0) is 19.6 Å². The maximum atomic E-state index is 11.8. The van der Waals surface area contributed by atoms with Gasteiger partial charge in [-0.25, -0.2) is 8.42 Å². The molecule has 1 aliphatic rings. The van der Waals surface area contributed by atoms with E-state index in [1.165, 1.54) is 4.31 Å². The van der Waals surface area contributed by atoms with Crippen molar-refractivity contribution in [1.29, 1.82) is 0 Å². The lowest BCUT2D eigenvalue weighted by Gasteiger charge is -2.33. The van der Waals surface area contributed by atoms with Crippen molar-refractivity contribution < 1.29 is 23.1 Å². The van der Waals surface area contributed by atoms with Crippen molar-refractivity contribution in [3.05, 3.63) is 0 Å². The molecule has 1 rings (SSSR count). The number of nitrogens with zero attached hydrogens (tertiary/aromatic N) is 2. The number of aliphatic hydroxyl groups is 1. The summed E-state index contributed by atoms with van der Waals surface area (Å²) in [7, 11) is -2.40. The number of rotatable bonds is 5. The van der Waals surface area contributed by atoms with E-state index in [1.807, 2.05) is 4.90 Å². The van der Waals surface area contributed by atoms with E-state index in [1.54, 1.807) is 0 Å². The van der Waals surface area contributed by atoms with Gasteiger partial charge in [-0.15, -0.1) is 0 Å². The minimum Gasteiger partial charge on any atom is -0.468 e. The normalized spacial score (nSPS) is 19.2. The van der Waals surface area contributed by atoms with E-state index in [9.17, 15) is 13.2 Å². The highest BCUT2D eigenvalue weighted by Crippen LogP contribution is 2.08. The van der Waals surface area contributed by atoms with Crippen LogP contribution in [0.5, 0.6) is 0 Å². The Hall–Kier alpha value is -0.700. The van der Waals surface area contributed by atoms with Gasteiger partial charge >= 0.3 is 5.97 Å². The Morgan fingerprint density at radius 2 is 1.88 bits per heavy atom. The van der Waals surface area contributed by atoms with E-state index < -0.39 is 21.7 Å². The third kappa shape index (κ3) is 4.23. The molecule has 100 valence electrons. The fraction of sp³-hybridized carbons (Fsp3) is 0.889. The van der Waals surface area contributed by atoms with E-state index in [4.69, 9.17) is 5.11 Å². The first kappa shape index (κ1) is 14.4. The third-order valence-corrected chi connectivity index (χ3v) is 4.42. The molecule has 1 fully saturated rings. The molecule has 8 heteroatoms. The molecule has 17 heavy (non-hydrogen) atoms. The van der Waals surface area contributed by atoms with Crippen LogP contribution < -0.4 is 0 Å². The number of hydrogen-bond donors (Lipinski definition) is 1. The fourth-order valence-corrected chi connectivity index (χ4v) is 2.99. The topological polar surface area (TPSA) is 87.2 Å². The lowest BCUT2D eigenvalue weighted by molar-refractivity contribution is -0.137. The predicted molar refractivity (Wildman–Crippen MR) is 60.9 cm³/mol. The summed E-state index contributed by atoms with van der Waals surface area (Å²) < 4.78 is 29.2. The molecule has 0 spiro atoms.